The van der Waals surface area contributed by atoms with Gasteiger partial charge in [0, 0.05) is 11.9 Å². The van der Waals surface area contributed by atoms with Gasteiger partial charge in [0.1, 0.15) is 11.1 Å². The van der Waals surface area contributed by atoms with E-state index in [0.29, 0.717) is 21.9 Å². The summed E-state index contributed by atoms with van der Waals surface area (Å²) in [7, 11) is 0. The van der Waals surface area contributed by atoms with Gasteiger partial charge in [-0.3, -0.25) is 0 Å². The molecule has 0 fully saturated rings. The van der Waals surface area contributed by atoms with Crippen LogP contribution in [0.1, 0.15) is 16.7 Å². The molecule has 6 heteroatoms. The van der Waals surface area contributed by atoms with E-state index in [1.54, 1.807) is 24.4 Å². The Labute approximate surface area is 118 Å². The second-order valence-electron chi connectivity index (χ2n) is 3.95. The number of hydrogen-bond donors (Lipinski definition) is 0. The standard InChI is InChI=1S/C14H9F3N2S/c15-14(16,17)12-5-1-3-10(7-12)9-20-13-11(8-18)4-2-6-19-13/h1-7H,9H2. The van der Waals surface area contributed by atoms with Crippen LogP contribution in [-0.4, -0.2) is 4.98 Å². The molecule has 1 aromatic heterocycles. The monoisotopic (exact) mass is 294 g/mol. The Morgan fingerprint density at radius 3 is 2.70 bits per heavy atom. The van der Waals surface area contributed by atoms with Crippen LogP contribution in [0.3, 0.4) is 0 Å². The van der Waals surface area contributed by atoms with Gasteiger partial charge in [0.05, 0.1) is 11.1 Å². The Balaban J connectivity index is 2.14. The molecule has 0 aliphatic heterocycles. The molecule has 1 aromatic carbocycles. The molecule has 2 aromatic rings. The molecule has 0 saturated carbocycles. The average Bonchev–Trinajstić information content (AvgIpc) is 2.45. The molecular weight excluding hydrogens is 285 g/mol. The first kappa shape index (κ1) is 14.4. The number of halogens is 3. The zero-order valence-corrected chi connectivity index (χ0v) is 11.0. The van der Waals surface area contributed by atoms with E-state index in [1.807, 2.05) is 6.07 Å². The van der Waals surface area contributed by atoms with E-state index in [9.17, 15) is 13.2 Å². The topological polar surface area (TPSA) is 36.7 Å². The van der Waals surface area contributed by atoms with Crippen LogP contribution in [0.15, 0.2) is 47.6 Å². The smallest absolute Gasteiger partial charge is 0.249 e. The molecule has 0 bridgehead atoms. The second-order valence-corrected chi connectivity index (χ2v) is 4.92. The summed E-state index contributed by atoms with van der Waals surface area (Å²) in [4.78, 5) is 4.05. The minimum atomic E-state index is -4.34. The molecule has 1 heterocycles. The minimum Gasteiger partial charge on any atom is -0.249 e. The number of benzene rings is 1. The van der Waals surface area contributed by atoms with Crippen LogP contribution in [0.4, 0.5) is 13.2 Å². The third-order valence-electron chi connectivity index (χ3n) is 2.52. The number of nitrogens with zero attached hydrogens (tertiary/aromatic N) is 2. The van der Waals surface area contributed by atoms with Crippen LogP contribution in [0.2, 0.25) is 0 Å². The van der Waals surface area contributed by atoms with Gasteiger partial charge in [-0.1, -0.05) is 18.2 Å². The van der Waals surface area contributed by atoms with Gasteiger partial charge in [-0.2, -0.15) is 18.4 Å². The summed E-state index contributed by atoms with van der Waals surface area (Å²) in [5.74, 6) is 0.329. The number of rotatable bonds is 3. The number of alkyl halides is 3. The Morgan fingerprint density at radius 2 is 2.00 bits per heavy atom. The molecule has 2 nitrogen and oxygen atoms in total. The first-order chi connectivity index (χ1) is 9.50. The van der Waals surface area contributed by atoms with Crippen molar-refractivity contribution in [2.24, 2.45) is 0 Å². The Hall–Kier alpha value is -2.00. The quantitative estimate of drug-likeness (QED) is 0.793. The van der Waals surface area contributed by atoms with E-state index >= 15 is 0 Å². The number of pyridine rings is 1. The zero-order chi connectivity index (χ0) is 14.6. The van der Waals surface area contributed by atoms with Crippen molar-refractivity contribution in [1.82, 2.24) is 4.98 Å². The van der Waals surface area contributed by atoms with Crippen LogP contribution in [-0.2, 0) is 11.9 Å². The summed E-state index contributed by atoms with van der Waals surface area (Å²) in [6.45, 7) is 0. The molecule has 2 rings (SSSR count). The second kappa shape index (κ2) is 5.97. The molecule has 0 amide bonds. The van der Waals surface area contributed by atoms with Gasteiger partial charge >= 0.3 is 6.18 Å². The van der Waals surface area contributed by atoms with Crippen molar-refractivity contribution >= 4 is 11.8 Å². The molecule has 0 aliphatic rings. The van der Waals surface area contributed by atoms with Gasteiger partial charge in [-0.05, 0) is 23.8 Å². The maximum Gasteiger partial charge on any atom is 0.416 e. The van der Waals surface area contributed by atoms with E-state index in [0.717, 1.165) is 12.1 Å². The number of aromatic nitrogens is 1. The van der Waals surface area contributed by atoms with Gasteiger partial charge in [0.15, 0.2) is 0 Å². The summed E-state index contributed by atoms with van der Waals surface area (Å²) in [5, 5.41) is 9.44. The van der Waals surface area contributed by atoms with Crippen molar-refractivity contribution in [3.63, 3.8) is 0 Å². The van der Waals surface area contributed by atoms with Gasteiger partial charge in [0.2, 0.25) is 0 Å². The lowest BCUT2D eigenvalue weighted by Gasteiger charge is -2.08. The zero-order valence-electron chi connectivity index (χ0n) is 10.2. The first-order valence-electron chi connectivity index (χ1n) is 5.65. The summed E-state index contributed by atoms with van der Waals surface area (Å²) in [6, 6.07) is 10.4. The summed E-state index contributed by atoms with van der Waals surface area (Å²) < 4.78 is 37.8. The minimum absolute atomic E-state index is 0.329. The average molecular weight is 294 g/mol. The van der Waals surface area contributed by atoms with Crippen LogP contribution < -0.4 is 0 Å². The summed E-state index contributed by atoms with van der Waals surface area (Å²) in [6.07, 6.45) is -2.79. The van der Waals surface area contributed by atoms with Crippen LogP contribution >= 0.6 is 11.8 Å². The van der Waals surface area contributed by atoms with Crippen LogP contribution in [0.5, 0.6) is 0 Å². The molecule has 0 aliphatic carbocycles. The lowest BCUT2D eigenvalue weighted by Crippen LogP contribution is -2.04. The summed E-state index contributed by atoms with van der Waals surface area (Å²) in [5.41, 5.74) is 0.293. The maximum absolute atomic E-state index is 12.6. The van der Waals surface area contributed by atoms with Crippen molar-refractivity contribution in [2.75, 3.05) is 0 Å². The number of hydrogen-bond acceptors (Lipinski definition) is 3. The van der Waals surface area contributed by atoms with Crippen molar-refractivity contribution in [3.8, 4) is 6.07 Å². The predicted octanol–water partition coefficient (Wildman–Crippen LogP) is 4.26. The highest BCUT2D eigenvalue weighted by Gasteiger charge is 2.30. The fourth-order valence-corrected chi connectivity index (χ4v) is 2.47. The molecule has 0 radical (unpaired) electrons. The van der Waals surface area contributed by atoms with E-state index in [4.69, 9.17) is 5.26 Å². The first-order valence-corrected chi connectivity index (χ1v) is 6.63. The number of thioether (sulfide) groups is 1. The molecular formula is C14H9F3N2S. The van der Waals surface area contributed by atoms with Crippen LogP contribution in [0, 0.1) is 11.3 Å². The van der Waals surface area contributed by atoms with Crippen LogP contribution in [0.25, 0.3) is 0 Å². The normalized spacial score (nSPS) is 11.1. The Bertz CT molecular complexity index is 647. The molecule has 0 spiro atoms. The Morgan fingerprint density at radius 1 is 1.20 bits per heavy atom. The third-order valence-corrected chi connectivity index (χ3v) is 3.60. The molecule has 0 N–H and O–H groups in total. The number of nitriles is 1. The van der Waals surface area contributed by atoms with E-state index in [2.05, 4.69) is 4.98 Å². The van der Waals surface area contributed by atoms with Gasteiger partial charge < -0.3 is 0 Å². The third kappa shape index (κ3) is 3.52. The van der Waals surface area contributed by atoms with Gasteiger partial charge in [-0.15, -0.1) is 11.8 Å². The summed E-state index contributed by atoms with van der Waals surface area (Å²) >= 11 is 1.24. The lowest BCUT2D eigenvalue weighted by molar-refractivity contribution is -0.137. The van der Waals surface area contributed by atoms with Crippen molar-refractivity contribution in [1.29, 1.82) is 5.26 Å². The Kier molecular flexibility index (Phi) is 4.30. The fraction of sp³-hybridized carbons (Fsp3) is 0.143. The van der Waals surface area contributed by atoms with Crippen molar-refractivity contribution < 1.29 is 13.2 Å². The fourth-order valence-electron chi connectivity index (χ4n) is 1.58. The van der Waals surface area contributed by atoms with E-state index < -0.39 is 11.7 Å². The highest BCUT2D eigenvalue weighted by atomic mass is 32.2. The molecule has 20 heavy (non-hydrogen) atoms. The molecule has 0 unspecified atom stereocenters. The lowest BCUT2D eigenvalue weighted by atomic mass is 10.1. The van der Waals surface area contributed by atoms with Gasteiger partial charge in [0.25, 0.3) is 0 Å². The molecule has 102 valence electrons. The van der Waals surface area contributed by atoms with E-state index in [-0.39, 0.29) is 0 Å². The molecule has 0 saturated heterocycles. The maximum atomic E-state index is 12.6. The highest BCUT2D eigenvalue weighted by molar-refractivity contribution is 7.98. The van der Waals surface area contributed by atoms with Crippen molar-refractivity contribution in [3.05, 3.63) is 59.3 Å². The SMILES string of the molecule is N#Cc1cccnc1SCc1cccc(C(F)(F)F)c1. The van der Waals surface area contributed by atoms with E-state index in [1.165, 1.54) is 17.8 Å². The highest BCUT2D eigenvalue weighted by Crippen LogP contribution is 2.31. The molecule has 0 atom stereocenters. The predicted molar refractivity (Wildman–Crippen MR) is 70.0 cm³/mol. The largest absolute Gasteiger partial charge is 0.416 e. The van der Waals surface area contributed by atoms with Crippen molar-refractivity contribution in [2.45, 2.75) is 17.0 Å². The van der Waals surface area contributed by atoms with Gasteiger partial charge in [-0.25, -0.2) is 4.98 Å².